The zero-order valence-electron chi connectivity index (χ0n) is 5.60. The minimum absolute atomic E-state index is 0.579. The molecule has 0 aliphatic rings. The van der Waals surface area contributed by atoms with Crippen molar-refractivity contribution >= 4 is 0 Å². The van der Waals surface area contributed by atoms with E-state index < -0.39 is 24.8 Å². The van der Waals surface area contributed by atoms with Crippen LogP contribution in [-0.2, 0) is 0 Å². The minimum atomic E-state index is -2.62. The largest absolute Gasteiger partial charge is 0.374 e. The summed E-state index contributed by atoms with van der Waals surface area (Å²) in [6.07, 6.45) is 0.138. The molecule has 0 aliphatic carbocycles. The number of hydrogen-bond acceptors (Lipinski definition) is 1. The molecule has 0 heterocycles. The Kier molecular flexibility index (Phi) is 4.39. The van der Waals surface area contributed by atoms with Crippen LogP contribution in [0.15, 0.2) is 11.9 Å². The fourth-order valence-corrected chi connectivity index (χ4v) is 0.393. The van der Waals surface area contributed by atoms with Crippen LogP contribution in [0.3, 0.4) is 0 Å². The minimum Gasteiger partial charge on any atom is -0.374 e. The van der Waals surface area contributed by atoms with Crippen molar-refractivity contribution in [1.82, 2.24) is 0 Å². The van der Waals surface area contributed by atoms with E-state index in [4.69, 9.17) is 5.11 Å². The zero-order chi connectivity index (χ0) is 8.85. The molecule has 0 spiro atoms. The Morgan fingerprint density at radius 2 is 2.18 bits per heavy atom. The van der Waals surface area contributed by atoms with Crippen LogP contribution >= 0.6 is 0 Å². The topological polar surface area (TPSA) is 20.2 Å². The molecular weight excluding hydrogens is 157 g/mol. The predicted octanol–water partition coefficient (Wildman–Crippen LogP) is 1.49. The Bertz CT molecular complexity index is 181. The maximum atomic E-state index is 12.3. The van der Waals surface area contributed by atoms with E-state index in [2.05, 4.69) is 6.42 Å². The maximum absolute atomic E-state index is 12.3. The van der Waals surface area contributed by atoms with Gasteiger partial charge in [0.15, 0.2) is 6.10 Å². The standard InChI is InChI=1S/C7H7F3O/c1-2-6(11)5(8)3-4-7(9)10/h1,3,6-7,11H,4H2. The summed E-state index contributed by atoms with van der Waals surface area (Å²) in [5, 5.41) is 8.52. The van der Waals surface area contributed by atoms with Crippen molar-refractivity contribution in [2.45, 2.75) is 19.0 Å². The lowest BCUT2D eigenvalue weighted by atomic mass is 10.3. The second-order valence-electron chi connectivity index (χ2n) is 1.78. The van der Waals surface area contributed by atoms with Gasteiger partial charge in [0.25, 0.3) is 0 Å². The lowest BCUT2D eigenvalue weighted by Gasteiger charge is -1.98. The third-order valence-electron chi connectivity index (χ3n) is 0.910. The Labute approximate surface area is 62.5 Å². The number of aliphatic hydroxyl groups excluding tert-OH is 1. The number of terminal acetylenes is 1. The van der Waals surface area contributed by atoms with Gasteiger partial charge >= 0.3 is 0 Å². The van der Waals surface area contributed by atoms with Crippen molar-refractivity contribution in [2.24, 2.45) is 0 Å². The van der Waals surface area contributed by atoms with Crippen molar-refractivity contribution < 1.29 is 18.3 Å². The van der Waals surface area contributed by atoms with E-state index in [0.717, 1.165) is 0 Å². The summed E-state index contributed by atoms with van der Waals surface area (Å²) in [5.74, 6) is 0.552. The van der Waals surface area contributed by atoms with Gasteiger partial charge in [-0.3, -0.25) is 0 Å². The van der Waals surface area contributed by atoms with Crippen LogP contribution in [0.2, 0.25) is 0 Å². The average molecular weight is 164 g/mol. The SMILES string of the molecule is C#CC(O)C(F)=CCC(F)F. The molecule has 4 heteroatoms. The van der Waals surface area contributed by atoms with Gasteiger partial charge in [0.2, 0.25) is 6.43 Å². The number of rotatable bonds is 3. The first kappa shape index (κ1) is 10.0. The quantitative estimate of drug-likeness (QED) is 0.626. The molecule has 0 rings (SSSR count). The molecule has 0 aliphatic heterocycles. The summed E-state index contributed by atoms with van der Waals surface area (Å²) in [4.78, 5) is 0. The van der Waals surface area contributed by atoms with E-state index in [1.807, 2.05) is 0 Å². The van der Waals surface area contributed by atoms with Gasteiger partial charge in [0.1, 0.15) is 5.83 Å². The van der Waals surface area contributed by atoms with Crippen LogP contribution in [0.1, 0.15) is 6.42 Å². The van der Waals surface area contributed by atoms with Crippen LogP contribution in [0.5, 0.6) is 0 Å². The van der Waals surface area contributed by atoms with E-state index in [9.17, 15) is 13.2 Å². The first-order chi connectivity index (χ1) is 5.07. The number of halogens is 3. The van der Waals surface area contributed by atoms with E-state index in [0.29, 0.717) is 6.08 Å². The number of alkyl halides is 2. The third kappa shape index (κ3) is 4.45. The van der Waals surface area contributed by atoms with Gasteiger partial charge in [-0.25, -0.2) is 13.2 Å². The monoisotopic (exact) mass is 164 g/mol. The molecule has 1 atom stereocenters. The van der Waals surface area contributed by atoms with Crippen molar-refractivity contribution in [3.63, 3.8) is 0 Å². The van der Waals surface area contributed by atoms with Gasteiger partial charge in [-0.2, -0.15) is 0 Å². The Morgan fingerprint density at radius 1 is 1.64 bits per heavy atom. The van der Waals surface area contributed by atoms with E-state index in [-0.39, 0.29) is 0 Å². The molecule has 0 aromatic rings. The van der Waals surface area contributed by atoms with Crippen molar-refractivity contribution in [1.29, 1.82) is 0 Å². The highest BCUT2D eigenvalue weighted by Crippen LogP contribution is 2.08. The molecule has 0 bridgehead atoms. The van der Waals surface area contributed by atoms with E-state index >= 15 is 0 Å². The molecule has 0 aromatic heterocycles. The van der Waals surface area contributed by atoms with Crippen LogP contribution in [0.4, 0.5) is 13.2 Å². The van der Waals surface area contributed by atoms with Crippen molar-refractivity contribution in [3.05, 3.63) is 11.9 Å². The van der Waals surface area contributed by atoms with Crippen LogP contribution in [-0.4, -0.2) is 17.6 Å². The van der Waals surface area contributed by atoms with E-state index in [1.54, 1.807) is 5.92 Å². The maximum Gasteiger partial charge on any atom is 0.242 e. The van der Waals surface area contributed by atoms with Gasteiger partial charge in [-0.05, 0) is 6.08 Å². The third-order valence-corrected chi connectivity index (χ3v) is 0.910. The first-order valence-electron chi connectivity index (χ1n) is 2.85. The molecule has 0 amide bonds. The summed E-state index contributed by atoms with van der Waals surface area (Å²) >= 11 is 0. The predicted molar refractivity (Wildman–Crippen MR) is 34.7 cm³/mol. The average Bonchev–Trinajstić information content (AvgIpc) is 1.98. The smallest absolute Gasteiger partial charge is 0.242 e. The molecule has 0 fully saturated rings. The molecule has 1 N–H and O–H groups in total. The second kappa shape index (κ2) is 4.80. The highest BCUT2D eigenvalue weighted by atomic mass is 19.3. The molecule has 1 unspecified atom stereocenters. The van der Waals surface area contributed by atoms with Crippen LogP contribution < -0.4 is 0 Å². The fourth-order valence-electron chi connectivity index (χ4n) is 0.393. The first-order valence-corrected chi connectivity index (χ1v) is 2.85. The fraction of sp³-hybridized carbons (Fsp3) is 0.429. The molecule has 0 aromatic carbocycles. The molecule has 0 radical (unpaired) electrons. The van der Waals surface area contributed by atoms with Crippen LogP contribution in [0.25, 0.3) is 0 Å². The van der Waals surface area contributed by atoms with Crippen molar-refractivity contribution in [3.8, 4) is 12.3 Å². The van der Waals surface area contributed by atoms with Gasteiger partial charge in [0, 0.05) is 6.42 Å². The van der Waals surface area contributed by atoms with Gasteiger partial charge in [-0.1, -0.05) is 5.92 Å². The molecule has 0 saturated heterocycles. The molecule has 1 nitrogen and oxygen atoms in total. The summed E-state index contributed by atoms with van der Waals surface area (Å²) < 4.78 is 35.1. The van der Waals surface area contributed by atoms with Gasteiger partial charge in [-0.15, -0.1) is 6.42 Å². The summed E-state index contributed by atoms with van der Waals surface area (Å²) in [5.41, 5.74) is 0. The summed E-state index contributed by atoms with van der Waals surface area (Å²) in [7, 11) is 0. The second-order valence-corrected chi connectivity index (χ2v) is 1.78. The molecular formula is C7H7F3O. The van der Waals surface area contributed by atoms with Crippen LogP contribution in [0, 0.1) is 12.3 Å². The highest BCUT2D eigenvalue weighted by Gasteiger charge is 2.07. The number of hydrogen-bond donors (Lipinski definition) is 1. The Balaban J connectivity index is 3.92. The zero-order valence-corrected chi connectivity index (χ0v) is 5.60. The van der Waals surface area contributed by atoms with Gasteiger partial charge < -0.3 is 5.11 Å². The van der Waals surface area contributed by atoms with E-state index in [1.165, 1.54) is 0 Å². The highest BCUT2D eigenvalue weighted by molar-refractivity contribution is 5.12. The number of allylic oxidation sites excluding steroid dienone is 1. The molecule has 0 saturated carbocycles. The summed E-state index contributed by atoms with van der Waals surface area (Å²) in [6.45, 7) is 0. The molecule has 11 heavy (non-hydrogen) atoms. The molecule has 62 valence electrons. The summed E-state index contributed by atoms with van der Waals surface area (Å²) in [6, 6.07) is 0. The lowest BCUT2D eigenvalue weighted by molar-refractivity contribution is 0.150. The number of aliphatic hydroxyl groups is 1. The van der Waals surface area contributed by atoms with Gasteiger partial charge in [0.05, 0.1) is 0 Å². The Hall–Kier alpha value is -0.950. The van der Waals surface area contributed by atoms with Crippen molar-refractivity contribution in [2.75, 3.05) is 0 Å². The lowest BCUT2D eigenvalue weighted by Crippen LogP contribution is -2.03. The normalized spacial score (nSPS) is 14.7. The Morgan fingerprint density at radius 3 is 2.55 bits per heavy atom.